The number of ether oxygens (including phenoxy) is 1. The largest absolute Gasteiger partial charge is 0.383 e. The van der Waals surface area contributed by atoms with Crippen LogP contribution in [0.2, 0.25) is 0 Å². The normalized spacial score (nSPS) is 17.1. The molecule has 1 aromatic carbocycles. The third-order valence-electron chi connectivity index (χ3n) is 3.47. The molecule has 24 heavy (non-hydrogen) atoms. The Kier molecular flexibility index (Phi) is 6.25. The van der Waals surface area contributed by atoms with Crippen molar-refractivity contribution in [2.45, 2.75) is 28.4 Å². The van der Waals surface area contributed by atoms with Gasteiger partial charge in [0.25, 0.3) is 0 Å². The lowest BCUT2D eigenvalue weighted by atomic mass is 10.3. The zero-order chi connectivity index (χ0) is 17.7. The topological polar surface area (TPSA) is 102 Å². The Morgan fingerprint density at radius 2 is 2.17 bits per heavy atom. The van der Waals surface area contributed by atoms with E-state index in [9.17, 15) is 18.0 Å². The Balaban J connectivity index is 2.03. The van der Waals surface area contributed by atoms with E-state index in [2.05, 4.69) is 10.6 Å². The van der Waals surface area contributed by atoms with Crippen LogP contribution in [0.1, 0.15) is 13.3 Å². The first-order valence-electron chi connectivity index (χ1n) is 7.43. The van der Waals surface area contributed by atoms with Gasteiger partial charge in [0.15, 0.2) is 9.84 Å². The number of hydrogen-bond acceptors (Lipinski definition) is 6. The highest BCUT2D eigenvalue weighted by Crippen LogP contribution is 2.36. The number of carbonyl (C=O) groups is 2. The molecule has 1 heterocycles. The Hall–Kier alpha value is -1.58. The minimum Gasteiger partial charge on any atom is -0.383 e. The van der Waals surface area contributed by atoms with E-state index in [-0.39, 0.29) is 34.1 Å². The standard InChI is InChI=1S/C15H20N2O5S2/c1-10-15(19)17-12-9-11(3-4-13(12)23-10)24(20,21)8-5-14(18)16-6-7-22-2/h3-4,9-10H,5-8H2,1-2H3,(H,16,18)(H,17,19)/t10-/m1/s1. The lowest BCUT2D eigenvalue weighted by Gasteiger charge is -2.21. The average Bonchev–Trinajstić information content (AvgIpc) is 2.54. The van der Waals surface area contributed by atoms with Gasteiger partial charge in [-0.2, -0.15) is 0 Å². The second-order valence-corrected chi connectivity index (χ2v) is 8.81. The van der Waals surface area contributed by atoms with Crippen LogP contribution in [0, 0.1) is 0 Å². The SMILES string of the molecule is COCCNC(=O)CCS(=O)(=O)c1ccc2c(c1)NC(=O)[C@@H](C)S2. The van der Waals surface area contributed by atoms with Gasteiger partial charge in [0.1, 0.15) is 0 Å². The predicted molar refractivity (Wildman–Crippen MR) is 91.9 cm³/mol. The maximum absolute atomic E-state index is 12.4. The fraction of sp³-hybridized carbons (Fsp3) is 0.467. The summed E-state index contributed by atoms with van der Waals surface area (Å²) in [7, 11) is -2.08. The Morgan fingerprint density at radius 1 is 1.42 bits per heavy atom. The summed E-state index contributed by atoms with van der Waals surface area (Å²) in [5.41, 5.74) is 0.494. The molecule has 0 bridgehead atoms. The van der Waals surface area contributed by atoms with Crippen LogP contribution in [0.15, 0.2) is 28.0 Å². The molecule has 0 aromatic heterocycles. The molecule has 0 saturated carbocycles. The first-order valence-corrected chi connectivity index (χ1v) is 9.96. The molecule has 1 aliphatic heterocycles. The number of rotatable bonds is 7. The van der Waals surface area contributed by atoms with E-state index in [0.717, 1.165) is 4.90 Å². The molecular formula is C15H20N2O5S2. The molecule has 7 nitrogen and oxygen atoms in total. The highest BCUT2D eigenvalue weighted by Gasteiger charge is 2.25. The van der Waals surface area contributed by atoms with E-state index < -0.39 is 9.84 Å². The van der Waals surface area contributed by atoms with Gasteiger partial charge in [0.2, 0.25) is 11.8 Å². The molecule has 2 rings (SSSR count). The highest BCUT2D eigenvalue weighted by atomic mass is 32.2. The van der Waals surface area contributed by atoms with Gasteiger partial charge in [-0.15, -0.1) is 11.8 Å². The molecule has 2 N–H and O–H groups in total. The van der Waals surface area contributed by atoms with Crippen molar-refractivity contribution < 1.29 is 22.7 Å². The Morgan fingerprint density at radius 3 is 2.88 bits per heavy atom. The van der Waals surface area contributed by atoms with Crippen LogP contribution in [-0.4, -0.2) is 51.5 Å². The number of carbonyl (C=O) groups excluding carboxylic acids is 2. The van der Waals surface area contributed by atoms with Crippen LogP contribution in [0.4, 0.5) is 5.69 Å². The van der Waals surface area contributed by atoms with Gasteiger partial charge in [-0.1, -0.05) is 0 Å². The first-order chi connectivity index (χ1) is 11.3. The molecule has 0 fully saturated rings. The minimum atomic E-state index is -3.60. The number of thioether (sulfide) groups is 1. The van der Waals surface area contributed by atoms with E-state index in [1.54, 1.807) is 13.0 Å². The second kappa shape index (κ2) is 8.00. The van der Waals surface area contributed by atoms with E-state index in [4.69, 9.17) is 4.74 Å². The number of methoxy groups -OCH3 is 1. The molecule has 1 aromatic rings. The summed E-state index contributed by atoms with van der Waals surface area (Å²) in [6.07, 6.45) is -0.124. The van der Waals surface area contributed by atoms with E-state index in [0.29, 0.717) is 18.8 Å². The third-order valence-corrected chi connectivity index (χ3v) is 6.36. The van der Waals surface area contributed by atoms with Crippen LogP contribution in [0.5, 0.6) is 0 Å². The van der Waals surface area contributed by atoms with Crippen molar-refractivity contribution in [3.63, 3.8) is 0 Å². The van der Waals surface area contributed by atoms with Crippen molar-refractivity contribution in [2.24, 2.45) is 0 Å². The first kappa shape index (κ1) is 18.8. The number of sulfone groups is 1. The lowest BCUT2D eigenvalue weighted by Crippen LogP contribution is -2.28. The molecule has 2 amide bonds. The number of benzene rings is 1. The Bertz CT molecular complexity index is 733. The monoisotopic (exact) mass is 372 g/mol. The van der Waals surface area contributed by atoms with Crippen molar-refractivity contribution in [3.8, 4) is 0 Å². The van der Waals surface area contributed by atoms with Crippen LogP contribution in [0.25, 0.3) is 0 Å². The number of nitrogens with one attached hydrogen (secondary N) is 2. The summed E-state index contributed by atoms with van der Waals surface area (Å²) in [4.78, 5) is 24.3. The molecule has 0 spiro atoms. The van der Waals surface area contributed by atoms with Crippen LogP contribution < -0.4 is 10.6 Å². The summed E-state index contributed by atoms with van der Waals surface area (Å²) in [6.45, 7) is 2.50. The van der Waals surface area contributed by atoms with Crippen molar-refractivity contribution in [3.05, 3.63) is 18.2 Å². The van der Waals surface area contributed by atoms with E-state index in [1.807, 2.05) is 0 Å². The highest BCUT2D eigenvalue weighted by molar-refractivity contribution is 8.01. The van der Waals surface area contributed by atoms with Crippen molar-refractivity contribution in [1.82, 2.24) is 5.32 Å². The van der Waals surface area contributed by atoms with E-state index in [1.165, 1.54) is 31.0 Å². The molecule has 0 unspecified atom stereocenters. The lowest BCUT2D eigenvalue weighted by molar-refractivity contribution is -0.121. The smallest absolute Gasteiger partial charge is 0.237 e. The van der Waals surface area contributed by atoms with Crippen molar-refractivity contribution in [2.75, 3.05) is 31.3 Å². The van der Waals surface area contributed by atoms with Crippen molar-refractivity contribution >= 4 is 39.1 Å². The van der Waals surface area contributed by atoms with E-state index >= 15 is 0 Å². The van der Waals surface area contributed by atoms with Crippen LogP contribution in [-0.2, 0) is 24.2 Å². The molecule has 9 heteroatoms. The van der Waals surface area contributed by atoms with Crippen LogP contribution >= 0.6 is 11.8 Å². The van der Waals surface area contributed by atoms with Gasteiger partial charge in [-0.25, -0.2) is 8.42 Å². The minimum absolute atomic E-state index is 0.0985. The molecule has 132 valence electrons. The summed E-state index contributed by atoms with van der Waals surface area (Å²) in [5.74, 6) is -0.784. The molecule has 0 saturated heterocycles. The van der Waals surface area contributed by atoms with Gasteiger partial charge in [-0.3, -0.25) is 9.59 Å². The van der Waals surface area contributed by atoms with Gasteiger partial charge >= 0.3 is 0 Å². The second-order valence-electron chi connectivity index (χ2n) is 5.32. The number of fused-ring (bicyclic) bond motifs is 1. The van der Waals surface area contributed by atoms with Crippen LogP contribution in [0.3, 0.4) is 0 Å². The van der Waals surface area contributed by atoms with Gasteiger partial charge in [-0.05, 0) is 25.1 Å². The third kappa shape index (κ3) is 4.71. The predicted octanol–water partition coefficient (Wildman–Crippen LogP) is 1.05. The number of amides is 2. The molecule has 0 radical (unpaired) electrons. The fourth-order valence-corrected chi connectivity index (χ4v) is 4.30. The quantitative estimate of drug-likeness (QED) is 0.694. The summed E-state index contributed by atoms with van der Waals surface area (Å²) in [6, 6.07) is 4.64. The molecule has 0 aliphatic carbocycles. The summed E-state index contributed by atoms with van der Waals surface area (Å²) in [5, 5.41) is 5.07. The van der Waals surface area contributed by atoms with Gasteiger partial charge < -0.3 is 15.4 Å². The maximum atomic E-state index is 12.4. The van der Waals surface area contributed by atoms with Gasteiger partial charge in [0, 0.05) is 25.0 Å². The maximum Gasteiger partial charge on any atom is 0.237 e. The number of anilines is 1. The molecule has 1 aliphatic rings. The number of hydrogen-bond donors (Lipinski definition) is 2. The van der Waals surface area contributed by atoms with Gasteiger partial charge in [0.05, 0.1) is 28.2 Å². The zero-order valence-electron chi connectivity index (χ0n) is 13.5. The molecular weight excluding hydrogens is 352 g/mol. The Labute approximate surface area is 145 Å². The fourth-order valence-electron chi connectivity index (χ4n) is 2.11. The average molecular weight is 372 g/mol. The summed E-state index contributed by atoms with van der Waals surface area (Å²) >= 11 is 1.39. The molecule has 1 atom stereocenters. The van der Waals surface area contributed by atoms with Crippen molar-refractivity contribution in [1.29, 1.82) is 0 Å². The zero-order valence-corrected chi connectivity index (χ0v) is 15.1. The summed E-state index contributed by atoms with van der Waals surface area (Å²) < 4.78 is 29.6.